The second-order valence-electron chi connectivity index (χ2n) is 7.35. The lowest BCUT2D eigenvalue weighted by atomic mass is 10.0. The molecule has 0 bridgehead atoms. The summed E-state index contributed by atoms with van der Waals surface area (Å²) in [5.74, 6) is -0.421. The third-order valence-electron chi connectivity index (χ3n) is 5.35. The maximum Gasteiger partial charge on any atom is 0.259 e. The molecule has 1 heterocycles. The number of aryl methyl sites for hydroxylation is 1. The molecule has 3 rings (SSSR count). The standard InChI is InChI=1S/C21H25ClN2O5S2/c1-4-23(5-2)31(28,29)17-9-11-20-15(13-17)7-6-12-24(20)21(25)18-14-16(30(3,26)27)8-10-19(18)22/h8-11,13-14H,4-7,12H2,1-3H3. The lowest BCUT2D eigenvalue weighted by Crippen LogP contribution is -2.36. The van der Waals surface area contributed by atoms with E-state index in [9.17, 15) is 21.6 Å². The quantitative estimate of drug-likeness (QED) is 0.626. The Morgan fingerprint density at radius 2 is 1.68 bits per heavy atom. The van der Waals surface area contributed by atoms with Crippen molar-refractivity contribution in [2.75, 3.05) is 30.8 Å². The van der Waals surface area contributed by atoms with Crippen LogP contribution in [0, 0.1) is 0 Å². The van der Waals surface area contributed by atoms with Crippen LogP contribution in [0.3, 0.4) is 0 Å². The molecule has 2 aromatic rings. The lowest BCUT2D eigenvalue weighted by Gasteiger charge is -2.30. The number of amides is 1. The number of hydrogen-bond donors (Lipinski definition) is 0. The Kier molecular flexibility index (Phi) is 6.81. The predicted molar refractivity (Wildman–Crippen MR) is 121 cm³/mol. The first kappa shape index (κ1) is 23.7. The van der Waals surface area contributed by atoms with Crippen LogP contribution in [-0.2, 0) is 26.3 Å². The summed E-state index contributed by atoms with van der Waals surface area (Å²) in [4.78, 5) is 15.0. The number of benzene rings is 2. The van der Waals surface area contributed by atoms with Crippen molar-refractivity contribution in [2.45, 2.75) is 36.5 Å². The average molecular weight is 485 g/mol. The topological polar surface area (TPSA) is 91.8 Å². The molecule has 0 fully saturated rings. The SMILES string of the molecule is CCN(CC)S(=O)(=O)c1ccc2c(c1)CCCN2C(=O)c1cc(S(C)(=O)=O)ccc1Cl. The van der Waals surface area contributed by atoms with E-state index in [1.165, 1.54) is 33.5 Å². The third kappa shape index (κ3) is 4.64. The van der Waals surface area contributed by atoms with Gasteiger partial charge in [-0.25, -0.2) is 16.8 Å². The third-order valence-corrected chi connectivity index (χ3v) is 8.84. The minimum atomic E-state index is -3.61. The number of sulfonamides is 1. The molecule has 7 nitrogen and oxygen atoms in total. The first-order valence-electron chi connectivity index (χ1n) is 9.95. The molecule has 168 valence electrons. The smallest absolute Gasteiger partial charge is 0.259 e. The van der Waals surface area contributed by atoms with E-state index in [1.54, 1.807) is 26.0 Å². The lowest BCUT2D eigenvalue weighted by molar-refractivity contribution is 0.0985. The zero-order valence-electron chi connectivity index (χ0n) is 17.6. The summed E-state index contributed by atoms with van der Waals surface area (Å²) in [5.41, 5.74) is 1.45. The van der Waals surface area contributed by atoms with Crippen molar-refractivity contribution in [1.29, 1.82) is 0 Å². The van der Waals surface area contributed by atoms with Crippen LogP contribution in [0.1, 0.15) is 36.2 Å². The summed E-state index contributed by atoms with van der Waals surface area (Å²) < 4.78 is 50.9. The van der Waals surface area contributed by atoms with Gasteiger partial charge in [0.2, 0.25) is 10.0 Å². The summed E-state index contributed by atoms with van der Waals surface area (Å²) in [6, 6.07) is 8.81. The van der Waals surface area contributed by atoms with E-state index in [0.29, 0.717) is 38.2 Å². The number of hydrogen-bond acceptors (Lipinski definition) is 5. The number of fused-ring (bicyclic) bond motifs is 1. The molecule has 1 aliphatic rings. The molecule has 0 radical (unpaired) electrons. The highest BCUT2D eigenvalue weighted by molar-refractivity contribution is 7.90. The Hall–Kier alpha value is -1.94. The van der Waals surface area contributed by atoms with Crippen LogP contribution in [0.15, 0.2) is 46.2 Å². The zero-order valence-corrected chi connectivity index (χ0v) is 20.0. The first-order chi connectivity index (χ1) is 14.5. The molecule has 31 heavy (non-hydrogen) atoms. The monoisotopic (exact) mass is 484 g/mol. The first-order valence-corrected chi connectivity index (χ1v) is 13.7. The highest BCUT2D eigenvalue weighted by Gasteiger charge is 2.29. The Morgan fingerprint density at radius 1 is 1.03 bits per heavy atom. The fourth-order valence-electron chi connectivity index (χ4n) is 3.70. The number of nitrogens with zero attached hydrogens (tertiary/aromatic N) is 2. The number of anilines is 1. The molecule has 0 saturated carbocycles. The van der Waals surface area contributed by atoms with E-state index in [2.05, 4.69) is 0 Å². The molecule has 0 unspecified atom stereocenters. The minimum Gasteiger partial charge on any atom is -0.308 e. The van der Waals surface area contributed by atoms with E-state index in [0.717, 1.165) is 11.8 Å². The fraction of sp³-hybridized carbons (Fsp3) is 0.381. The summed E-state index contributed by atoms with van der Waals surface area (Å²) in [5, 5.41) is 0.158. The van der Waals surface area contributed by atoms with Gasteiger partial charge in [-0.15, -0.1) is 0 Å². The van der Waals surface area contributed by atoms with Gasteiger partial charge in [-0.05, 0) is 54.8 Å². The van der Waals surface area contributed by atoms with Crippen molar-refractivity contribution in [1.82, 2.24) is 4.31 Å². The molecule has 0 spiro atoms. The average Bonchev–Trinajstić information content (AvgIpc) is 2.72. The number of carbonyl (C=O) groups is 1. The number of carbonyl (C=O) groups excluding carboxylic acids is 1. The Balaban J connectivity index is 2.02. The highest BCUT2D eigenvalue weighted by atomic mass is 35.5. The van der Waals surface area contributed by atoms with Gasteiger partial charge in [-0.2, -0.15) is 4.31 Å². The zero-order chi connectivity index (χ0) is 23.0. The maximum absolute atomic E-state index is 13.3. The Morgan fingerprint density at radius 3 is 2.29 bits per heavy atom. The largest absolute Gasteiger partial charge is 0.308 e. The van der Waals surface area contributed by atoms with Crippen LogP contribution < -0.4 is 4.90 Å². The van der Waals surface area contributed by atoms with Gasteiger partial charge in [0, 0.05) is 31.6 Å². The molecule has 2 aromatic carbocycles. The molecular formula is C21H25ClN2O5S2. The van der Waals surface area contributed by atoms with Gasteiger partial charge in [-0.3, -0.25) is 4.79 Å². The molecule has 0 aromatic heterocycles. The van der Waals surface area contributed by atoms with Crippen molar-refractivity contribution in [3.63, 3.8) is 0 Å². The number of halogens is 1. The minimum absolute atomic E-state index is 0.0122. The summed E-state index contributed by atoms with van der Waals surface area (Å²) in [6.07, 6.45) is 2.35. The van der Waals surface area contributed by atoms with Crippen LogP contribution in [0.2, 0.25) is 5.02 Å². The van der Waals surface area contributed by atoms with Gasteiger partial charge in [0.25, 0.3) is 5.91 Å². The van der Waals surface area contributed by atoms with Gasteiger partial charge in [0.05, 0.1) is 20.4 Å². The van der Waals surface area contributed by atoms with E-state index >= 15 is 0 Å². The second-order valence-corrected chi connectivity index (χ2v) is 11.7. The molecule has 0 atom stereocenters. The van der Waals surface area contributed by atoms with Crippen LogP contribution in [0.25, 0.3) is 0 Å². The van der Waals surface area contributed by atoms with E-state index in [1.807, 2.05) is 0 Å². The van der Waals surface area contributed by atoms with Crippen molar-refractivity contribution in [3.8, 4) is 0 Å². The predicted octanol–water partition coefficient (Wildman–Crippen LogP) is 3.37. The van der Waals surface area contributed by atoms with Crippen molar-refractivity contribution in [3.05, 3.63) is 52.5 Å². The van der Waals surface area contributed by atoms with Crippen LogP contribution in [0.4, 0.5) is 5.69 Å². The summed E-state index contributed by atoms with van der Waals surface area (Å²) >= 11 is 6.21. The van der Waals surface area contributed by atoms with Crippen molar-refractivity contribution in [2.24, 2.45) is 0 Å². The van der Waals surface area contributed by atoms with Gasteiger partial charge in [-0.1, -0.05) is 25.4 Å². The maximum atomic E-state index is 13.3. The Bertz CT molecular complexity index is 1220. The second kappa shape index (κ2) is 8.90. The van der Waals surface area contributed by atoms with Crippen molar-refractivity contribution < 1.29 is 21.6 Å². The van der Waals surface area contributed by atoms with Crippen LogP contribution >= 0.6 is 11.6 Å². The highest BCUT2D eigenvalue weighted by Crippen LogP contribution is 2.33. The molecule has 0 saturated heterocycles. The summed E-state index contributed by atoms with van der Waals surface area (Å²) in [7, 11) is -7.11. The van der Waals surface area contributed by atoms with Crippen LogP contribution in [-0.4, -0.2) is 52.9 Å². The van der Waals surface area contributed by atoms with Gasteiger partial charge in [0.15, 0.2) is 9.84 Å². The summed E-state index contributed by atoms with van der Waals surface area (Å²) in [6.45, 7) is 4.74. The van der Waals surface area contributed by atoms with Gasteiger partial charge in [0.1, 0.15) is 0 Å². The normalized spacial score (nSPS) is 14.5. The van der Waals surface area contributed by atoms with E-state index in [-0.39, 0.29) is 20.4 Å². The molecule has 0 aliphatic carbocycles. The number of rotatable bonds is 6. The van der Waals surface area contributed by atoms with E-state index in [4.69, 9.17) is 11.6 Å². The van der Waals surface area contributed by atoms with Crippen LogP contribution in [0.5, 0.6) is 0 Å². The fourth-order valence-corrected chi connectivity index (χ4v) is 6.06. The molecular weight excluding hydrogens is 460 g/mol. The molecule has 1 amide bonds. The van der Waals surface area contributed by atoms with Gasteiger partial charge >= 0.3 is 0 Å². The number of sulfone groups is 1. The molecule has 1 aliphatic heterocycles. The van der Waals surface area contributed by atoms with Gasteiger partial charge < -0.3 is 4.90 Å². The molecule has 0 N–H and O–H groups in total. The Labute approximate surface area is 188 Å². The van der Waals surface area contributed by atoms with E-state index < -0.39 is 25.8 Å². The molecule has 10 heteroatoms. The van der Waals surface area contributed by atoms with Crippen molar-refractivity contribution >= 4 is 43.1 Å².